The molecule has 2 heterocycles. The zero-order valence-corrected chi connectivity index (χ0v) is 10.2. The van der Waals surface area contributed by atoms with Crippen LogP contribution < -0.4 is 5.32 Å². The maximum absolute atomic E-state index is 5.35. The summed E-state index contributed by atoms with van der Waals surface area (Å²) in [5.41, 5.74) is 0. The third kappa shape index (κ3) is 3.65. The largest absolute Gasteiger partial charge is 0.381 e. The molecule has 2 aliphatic heterocycles. The van der Waals surface area contributed by atoms with Gasteiger partial charge in [0.25, 0.3) is 0 Å². The molecule has 0 aromatic carbocycles. The van der Waals surface area contributed by atoms with E-state index >= 15 is 0 Å². The van der Waals surface area contributed by atoms with Crippen molar-refractivity contribution in [3.8, 4) is 0 Å². The quantitative estimate of drug-likeness (QED) is 0.793. The highest BCUT2D eigenvalue weighted by molar-refractivity contribution is 8.06. The first kappa shape index (κ1) is 11.1. The van der Waals surface area contributed by atoms with Gasteiger partial charge >= 0.3 is 0 Å². The van der Waals surface area contributed by atoms with Gasteiger partial charge in [0.15, 0.2) is 0 Å². The average molecular weight is 233 g/mol. The first-order valence-corrected chi connectivity index (χ1v) is 7.63. The van der Waals surface area contributed by atoms with Crippen LogP contribution in [0.2, 0.25) is 0 Å². The van der Waals surface area contributed by atoms with E-state index in [1.165, 1.54) is 30.2 Å². The Morgan fingerprint density at radius 1 is 1.29 bits per heavy atom. The standard InChI is InChI=1S/C10H19NOS2/c1-2-12-7-9(1)5-11-6-10-8-13-3-4-14-10/h9-11H,1-8H2. The van der Waals surface area contributed by atoms with Crippen LogP contribution in [-0.4, -0.2) is 48.8 Å². The molecule has 2 rings (SSSR count). The molecule has 0 aliphatic carbocycles. The predicted molar refractivity (Wildman–Crippen MR) is 65.4 cm³/mol. The molecular formula is C10H19NOS2. The lowest BCUT2D eigenvalue weighted by atomic mass is 10.1. The van der Waals surface area contributed by atoms with Gasteiger partial charge in [-0.15, -0.1) is 0 Å². The zero-order chi connectivity index (χ0) is 9.64. The molecule has 2 fully saturated rings. The Morgan fingerprint density at radius 3 is 3.00 bits per heavy atom. The molecule has 0 amide bonds. The molecule has 2 atom stereocenters. The van der Waals surface area contributed by atoms with Crippen molar-refractivity contribution < 1.29 is 4.74 Å². The Morgan fingerprint density at radius 2 is 2.29 bits per heavy atom. The third-order valence-corrected chi connectivity index (χ3v) is 5.56. The highest BCUT2D eigenvalue weighted by Gasteiger charge is 2.17. The topological polar surface area (TPSA) is 21.3 Å². The van der Waals surface area contributed by atoms with Crippen LogP contribution in [0.25, 0.3) is 0 Å². The molecule has 1 N–H and O–H groups in total. The molecule has 82 valence electrons. The first-order valence-electron chi connectivity index (χ1n) is 5.43. The van der Waals surface area contributed by atoms with Gasteiger partial charge in [-0.2, -0.15) is 23.5 Å². The van der Waals surface area contributed by atoms with Crippen molar-refractivity contribution >= 4 is 23.5 Å². The molecule has 2 unspecified atom stereocenters. The van der Waals surface area contributed by atoms with Crippen molar-refractivity contribution in [3.63, 3.8) is 0 Å². The second kappa shape index (κ2) is 6.26. The Labute approximate surface area is 94.9 Å². The van der Waals surface area contributed by atoms with E-state index in [-0.39, 0.29) is 0 Å². The minimum Gasteiger partial charge on any atom is -0.381 e. The number of thioether (sulfide) groups is 2. The highest BCUT2D eigenvalue weighted by Crippen LogP contribution is 2.23. The molecule has 2 saturated heterocycles. The van der Waals surface area contributed by atoms with E-state index in [2.05, 4.69) is 28.8 Å². The van der Waals surface area contributed by atoms with E-state index in [0.717, 1.165) is 30.9 Å². The Hall–Kier alpha value is 0.620. The van der Waals surface area contributed by atoms with Crippen LogP contribution in [0.15, 0.2) is 0 Å². The maximum atomic E-state index is 5.35. The van der Waals surface area contributed by atoms with Gasteiger partial charge in [-0.25, -0.2) is 0 Å². The van der Waals surface area contributed by atoms with E-state index in [0.29, 0.717) is 0 Å². The van der Waals surface area contributed by atoms with Crippen LogP contribution in [0.3, 0.4) is 0 Å². The van der Waals surface area contributed by atoms with Gasteiger partial charge in [-0.05, 0) is 12.3 Å². The smallest absolute Gasteiger partial charge is 0.0507 e. The van der Waals surface area contributed by atoms with Gasteiger partial charge in [0, 0.05) is 42.2 Å². The lowest BCUT2D eigenvalue weighted by molar-refractivity contribution is 0.185. The molecule has 0 radical (unpaired) electrons. The lowest BCUT2D eigenvalue weighted by Gasteiger charge is -2.21. The van der Waals surface area contributed by atoms with Crippen LogP contribution in [0.1, 0.15) is 6.42 Å². The zero-order valence-electron chi connectivity index (χ0n) is 8.54. The van der Waals surface area contributed by atoms with Gasteiger partial charge in [-0.1, -0.05) is 0 Å². The van der Waals surface area contributed by atoms with Crippen LogP contribution in [0, 0.1) is 5.92 Å². The molecular weight excluding hydrogens is 214 g/mol. The molecule has 0 aromatic heterocycles. The van der Waals surface area contributed by atoms with Crippen molar-refractivity contribution in [2.24, 2.45) is 5.92 Å². The fourth-order valence-electron chi connectivity index (χ4n) is 1.85. The number of rotatable bonds is 4. The van der Waals surface area contributed by atoms with Gasteiger partial charge in [0.05, 0.1) is 6.61 Å². The minimum absolute atomic E-state index is 0.774. The fraction of sp³-hybridized carbons (Fsp3) is 1.00. The predicted octanol–water partition coefficient (Wildman–Crippen LogP) is 1.46. The van der Waals surface area contributed by atoms with Gasteiger partial charge in [0.1, 0.15) is 0 Å². The van der Waals surface area contributed by atoms with E-state index in [4.69, 9.17) is 4.74 Å². The summed E-state index contributed by atoms with van der Waals surface area (Å²) >= 11 is 4.23. The summed E-state index contributed by atoms with van der Waals surface area (Å²) in [6.07, 6.45) is 1.25. The van der Waals surface area contributed by atoms with Crippen molar-refractivity contribution in [3.05, 3.63) is 0 Å². The maximum Gasteiger partial charge on any atom is 0.0507 e. The normalized spacial score (nSPS) is 33.4. The number of hydrogen-bond acceptors (Lipinski definition) is 4. The Kier molecular flexibility index (Phi) is 4.97. The number of nitrogens with one attached hydrogen (secondary N) is 1. The minimum atomic E-state index is 0.774. The SMILES string of the molecule is C1CC(CNCC2CSCCS2)CO1. The fourth-order valence-corrected chi connectivity index (χ4v) is 4.49. The Bertz CT molecular complexity index is 156. The molecule has 0 saturated carbocycles. The molecule has 4 heteroatoms. The van der Waals surface area contributed by atoms with E-state index in [1.54, 1.807) is 0 Å². The lowest BCUT2D eigenvalue weighted by Crippen LogP contribution is -2.32. The van der Waals surface area contributed by atoms with Crippen LogP contribution in [0.5, 0.6) is 0 Å². The number of ether oxygens (including phenoxy) is 1. The summed E-state index contributed by atoms with van der Waals surface area (Å²) in [5, 5.41) is 4.43. The van der Waals surface area contributed by atoms with Gasteiger partial charge in [0.2, 0.25) is 0 Å². The van der Waals surface area contributed by atoms with Crippen molar-refractivity contribution in [2.45, 2.75) is 11.7 Å². The van der Waals surface area contributed by atoms with Crippen molar-refractivity contribution in [2.75, 3.05) is 43.6 Å². The number of hydrogen-bond donors (Lipinski definition) is 1. The van der Waals surface area contributed by atoms with Crippen molar-refractivity contribution in [1.82, 2.24) is 5.32 Å². The summed E-state index contributed by atoms with van der Waals surface area (Å²) in [6, 6.07) is 0. The summed E-state index contributed by atoms with van der Waals surface area (Å²) in [4.78, 5) is 0. The van der Waals surface area contributed by atoms with Crippen LogP contribution in [0.4, 0.5) is 0 Å². The molecule has 14 heavy (non-hydrogen) atoms. The van der Waals surface area contributed by atoms with Crippen LogP contribution >= 0.6 is 23.5 Å². The first-order chi connectivity index (χ1) is 6.95. The molecule has 2 nitrogen and oxygen atoms in total. The third-order valence-electron chi connectivity index (χ3n) is 2.71. The van der Waals surface area contributed by atoms with Gasteiger partial charge in [-0.3, -0.25) is 0 Å². The Balaban J connectivity index is 1.52. The van der Waals surface area contributed by atoms with Crippen molar-refractivity contribution in [1.29, 1.82) is 0 Å². The monoisotopic (exact) mass is 233 g/mol. The second-order valence-electron chi connectivity index (χ2n) is 3.96. The highest BCUT2D eigenvalue weighted by atomic mass is 32.2. The van der Waals surface area contributed by atoms with E-state index in [9.17, 15) is 0 Å². The van der Waals surface area contributed by atoms with Gasteiger partial charge < -0.3 is 10.1 Å². The molecule has 0 aromatic rings. The summed E-state index contributed by atoms with van der Waals surface area (Å²) in [5.74, 6) is 4.79. The molecule has 0 bridgehead atoms. The summed E-state index contributed by atoms with van der Waals surface area (Å²) in [6.45, 7) is 4.29. The second-order valence-corrected chi connectivity index (χ2v) is 6.51. The molecule has 2 aliphatic rings. The van der Waals surface area contributed by atoms with E-state index in [1.807, 2.05) is 0 Å². The van der Waals surface area contributed by atoms with Crippen LogP contribution in [-0.2, 0) is 4.74 Å². The summed E-state index contributed by atoms with van der Waals surface area (Å²) < 4.78 is 5.35. The summed E-state index contributed by atoms with van der Waals surface area (Å²) in [7, 11) is 0. The molecule has 0 spiro atoms. The average Bonchev–Trinajstić information content (AvgIpc) is 2.72. The van der Waals surface area contributed by atoms with E-state index < -0.39 is 0 Å².